The number of carbonyl (C=O) groups excluding carboxylic acids is 2. The van der Waals surface area contributed by atoms with Crippen molar-refractivity contribution >= 4 is 29.1 Å². The molecule has 1 aliphatic heterocycles. The van der Waals surface area contributed by atoms with Crippen molar-refractivity contribution in [3.05, 3.63) is 28.8 Å². The summed E-state index contributed by atoms with van der Waals surface area (Å²) in [4.78, 5) is 28.4. The van der Waals surface area contributed by atoms with E-state index in [2.05, 4.69) is 22.5 Å². The highest BCUT2D eigenvalue weighted by molar-refractivity contribution is 6.31. The van der Waals surface area contributed by atoms with E-state index in [0.717, 1.165) is 25.0 Å². The summed E-state index contributed by atoms with van der Waals surface area (Å²) in [6.07, 6.45) is -2.63. The van der Waals surface area contributed by atoms with Crippen molar-refractivity contribution in [1.29, 1.82) is 0 Å². The molecule has 1 unspecified atom stereocenters. The quantitative estimate of drug-likeness (QED) is 0.599. The summed E-state index contributed by atoms with van der Waals surface area (Å²) >= 11 is 5.60. The highest BCUT2D eigenvalue weighted by Crippen LogP contribution is 2.36. The molecule has 2 N–H and O–H groups in total. The SMILES string of the molecule is CCCCNC(=O)C(C)N1CCN(CC(=O)Nc2ccc(Cl)c(C(F)(F)F)c2)CC1. The Hall–Kier alpha value is -1.84. The van der Waals surface area contributed by atoms with E-state index in [1.807, 2.05) is 11.8 Å². The van der Waals surface area contributed by atoms with Gasteiger partial charge in [0.05, 0.1) is 23.2 Å². The van der Waals surface area contributed by atoms with Gasteiger partial charge in [-0.25, -0.2) is 0 Å². The van der Waals surface area contributed by atoms with Gasteiger partial charge in [0.15, 0.2) is 0 Å². The summed E-state index contributed by atoms with van der Waals surface area (Å²) in [5.74, 6) is -0.401. The van der Waals surface area contributed by atoms with Gasteiger partial charge in [-0.15, -0.1) is 0 Å². The number of unbranched alkanes of at least 4 members (excludes halogenated alkanes) is 1. The maximum Gasteiger partial charge on any atom is 0.417 e. The predicted octanol–water partition coefficient (Wildman–Crippen LogP) is 3.22. The number of hydrogen-bond donors (Lipinski definition) is 2. The van der Waals surface area contributed by atoms with Crippen LogP contribution in [0.25, 0.3) is 0 Å². The van der Waals surface area contributed by atoms with Gasteiger partial charge in [0.2, 0.25) is 11.8 Å². The summed E-state index contributed by atoms with van der Waals surface area (Å²) in [6, 6.07) is 3.04. The largest absolute Gasteiger partial charge is 0.417 e. The van der Waals surface area contributed by atoms with Gasteiger partial charge >= 0.3 is 6.18 Å². The lowest BCUT2D eigenvalue weighted by Gasteiger charge is -2.37. The molecule has 2 amide bonds. The number of carbonyl (C=O) groups is 2. The Kier molecular flexibility index (Phi) is 8.93. The molecule has 6 nitrogen and oxygen atoms in total. The van der Waals surface area contributed by atoms with Gasteiger partial charge < -0.3 is 10.6 Å². The first kappa shape index (κ1) is 24.4. The average Bonchev–Trinajstić information content (AvgIpc) is 2.68. The van der Waals surface area contributed by atoms with Crippen LogP contribution in [0, 0.1) is 0 Å². The highest BCUT2D eigenvalue weighted by atomic mass is 35.5. The number of benzene rings is 1. The Balaban J connectivity index is 1.81. The number of anilines is 1. The lowest BCUT2D eigenvalue weighted by Crippen LogP contribution is -2.54. The Morgan fingerprint density at radius 2 is 1.87 bits per heavy atom. The molecule has 0 radical (unpaired) electrons. The molecule has 1 fully saturated rings. The van der Waals surface area contributed by atoms with Gasteiger partial charge in [-0.1, -0.05) is 24.9 Å². The molecule has 1 aromatic carbocycles. The van der Waals surface area contributed by atoms with Gasteiger partial charge in [0, 0.05) is 38.4 Å². The standard InChI is InChI=1S/C20H28ClF3N4O2/c1-3-4-7-25-19(30)14(2)28-10-8-27(9-11-28)13-18(29)26-15-5-6-17(21)16(12-15)20(22,23)24/h5-6,12,14H,3-4,7-11,13H2,1-2H3,(H,25,30)(H,26,29). The first-order valence-corrected chi connectivity index (χ1v) is 10.4. The third-order valence-corrected chi connectivity index (χ3v) is 5.42. The molecule has 1 aliphatic rings. The summed E-state index contributed by atoms with van der Waals surface area (Å²) in [6.45, 7) is 7.11. The van der Waals surface area contributed by atoms with Crippen molar-refractivity contribution in [2.45, 2.75) is 38.9 Å². The normalized spacial score (nSPS) is 16.9. The lowest BCUT2D eigenvalue weighted by molar-refractivity contribution is -0.137. The molecule has 168 valence electrons. The van der Waals surface area contributed by atoms with E-state index in [-0.39, 0.29) is 24.2 Å². The first-order chi connectivity index (χ1) is 14.1. The van der Waals surface area contributed by atoms with Gasteiger partial charge in [0.25, 0.3) is 0 Å². The number of amides is 2. The lowest BCUT2D eigenvalue weighted by atomic mass is 10.2. The zero-order chi connectivity index (χ0) is 22.3. The molecular weight excluding hydrogens is 421 g/mol. The van der Waals surface area contributed by atoms with Gasteiger partial charge in [-0.2, -0.15) is 13.2 Å². The topological polar surface area (TPSA) is 64.7 Å². The second kappa shape index (κ2) is 11.0. The molecule has 0 spiro atoms. The van der Waals surface area contributed by atoms with Crippen LogP contribution >= 0.6 is 11.6 Å². The second-order valence-electron chi connectivity index (χ2n) is 7.37. The molecule has 0 aliphatic carbocycles. The first-order valence-electron chi connectivity index (χ1n) is 10.0. The molecule has 10 heteroatoms. The van der Waals surface area contributed by atoms with Crippen LogP contribution in [-0.4, -0.2) is 66.9 Å². The number of halogens is 4. The third kappa shape index (κ3) is 7.14. The van der Waals surface area contributed by atoms with Crippen LogP contribution in [0.1, 0.15) is 32.3 Å². The van der Waals surface area contributed by atoms with E-state index >= 15 is 0 Å². The van der Waals surface area contributed by atoms with E-state index in [0.29, 0.717) is 32.7 Å². The third-order valence-electron chi connectivity index (χ3n) is 5.09. The van der Waals surface area contributed by atoms with E-state index in [1.54, 1.807) is 0 Å². The maximum absolute atomic E-state index is 12.9. The fourth-order valence-electron chi connectivity index (χ4n) is 3.23. The molecule has 1 aromatic rings. The van der Waals surface area contributed by atoms with Crippen molar-refractivity contribution in [3.8, 4) is 0 Å². The minimum Gasteiger partial charge on any atom is -0.355 e. The number of piperazine rings is 1. The summed E-state index contributed by atoms with van der Waals surface area (Å²) in [7, 11) is 0. The molecule has 2 rings (SSSR count). The highest BCUT2D eigenvalue weighted by Gasteiger charge is 2.33. The molecule has 0 aromatic heterocycles. The van der Waals surface area contributed by atoms with Crippen LogP contribution in [0.15, 0.2) is 18.2 Å². The smallest absolute Gasteiger partial charge is 0.355 e. The number of hydrogen-bond acceptors (Lipinski definition) is 4. The van der Waals surface area contributed by atoms with Crippen molar-refractivity contribution in [3.63, 3.8) is 0 Å². The summed E-state index contributed by atoms with van der Waals surface area (Å²) in [5, 5.41) is 5.00. The number of alkyl halides is 3. The van der Waals surface area contributed by atoms with E-state index in [1.165, 1.54) is 6.07 Å². The monoisotopic (exact) mass is 448 g/mol. The van der Waals surface area contributed by atoms with Crippen LogP contribution < -0.4 is 10.6 Å². The zero-order valence-electron chi connectivity index (χ0n) is 17.2. The molecule has 1 atom stereocenters. The Morgan fingerprint density at radius 1 is 1.20 bits per heavy atom. The molecule has 0 bridgehead atoms. The zero-order valence-corrected chi connectivity index (χ0v) is 17.9. The summed E-state index contributed by atoms with van der Waals surface area (Å²) in [5.41, 5.74) is -0.936. The fourth-order valence-corrected chi connectivity index (χ4v) is 3.46. The average molecular weight is 449 g/mol. The van der Waals surface area contributed by atoms with Gasteiger partial charge in [0.1, 0.15) is 0 Å². The molecular formula is C20H28ClF3N4O2. The number of rotatable bonds is 8. The van der Waals surface area contributed by atoms with Crippen LogP contribution in [0.4, 0.5) is 18.9 Å². The number of nitrogens with zero attached hydrogens (tertiary/aromatic N) is 2. The van der Waals surface area contributed by atoms with Crippen molar-refractivity contribution in [1.82, 2.24) is 15.1 Å². The van der Waals surface area contributed by atoms with Crippen molar-refractivity contribution in [2.75, 3.05) is 44.6 Å². The molecule has 1 heterocycles. The van der Waals surface area contributed by atoms with Crippen molar-refractivity contribution < 1.29 is 22.8 Å². The Labute approximate surface area is 179 Å². The molecule has 1 saturated heterocycles. The second-order valence-corrected chi connectivity index (χ2v) is 7.78. The minimum absolute atomic E-state index is 0.00199. The van der Waals surface area contributed by atoms with Crippen LogP contribution in [-0.2, 0) is 15.8 Å². The van der Waals surface area contributed by atoms with Crippen LogP contribution in [0.5, 0.6) is 0 Å². The Bertz CT molecular complexity index is 737. The number of nitrogens with one attached hydrogen (secondary N) is 2. The van der Waals surface area contributed by atoms with E-state index in [9.17, 15) is 22.8 Å². The van der Waals surface area contributed by atoms with Gasteiger partial charge in [-0.3, -0.25) is 19.4 Å². The molecule has 0 saturated carbocycles. The maximum atomic E-state index is 12.9. The van der Waals surface area contributed by atoms with E-state index < -0.39 is 22.7 Å². The van der Waals surface area contributed by atoms with Crippen molar-refractivity contribution in [2.24, 2.45) is 0 Å². The van der Waals surface area contributed by atoms with E-state index in [4.69, 9.17) is 11.6 Å². The fraction of sp³-hybridized carbons (Fsp3) is 0.600. The molecule has 30 heavy (non-hydrogen) atoms. The predicted molar refractivity (Wildman–Crippen MR) is 110 cm³/mol. The van der Waals surface area contributed by atoms with Gasteiger partial charge in [-0.05, 0) is 31.5 Å². The summed E-state index contributed by atoms with van der Waals surface area (Å²) < 4.78 is 38.8. The van der Waals surface area contributed by atoms with Crippen LogP contribution in [0.2, 0.25) is 5.02 Å². The van der Waals surface area contributed by atoms with Crippen LogP contribution in [0.3, 0.4) is 0 Å². The minimum atomic E-state index is -4.59. The Morgan fingerprint density at radius 3 is 2.47 bits per heavy atom.